The van der Waals surface area contributed by atoms with E-state index in [2.05, 4.69) is 4.74 Å². The summed E-state index contributed by atoms with van der Waals surface area (Å²) in [5.74, 6) is -0.609. The molecule has 1 aromatic carbocycles. The van der Waals surface area contributed by atoms with Crippen LogP contribution < -0.4 is 0 Å². The van der Waals surface area contributed by atoms with Gasteiger partial charge in [0.2, 0.25) is 10.0 Å². The van der Waals surface area contributed by atoms with Crippen LogP contribution in [0.25, 0.3) is 0 Å². The molecule has 0 bridgehead atoms. The monoisotopic (exact) mass is 352 g/mol. The Kier molecular flexibility index (Phi) is 4.60. The summed E-state index contributed by atoms with van der Waals surface area (Å²) in [5, 5.41) is -0.217. The summed E-state index contributed by atoms with van der Waals surface area (Å²) in [4.78, 5) is 25.5. The molecule has 0 N–H and O–H groups in total. The van der Waals surface area contributed by atoms with Gasteiger partial charge in [0.25, 0.3) is 5.91 Å². The second kappa shape index (κ2) is 6.52. The lowest BCUT2D eigenvalue weighted by atomic mass is 10.1. The summed E-state index contributed by atoms with van der Waals surface area (Å²) < 4.78 is 30.5. The number of nitrogens with zero attached hydrogens (tertiary/aromatic N) is 2. The molecule has 3 rings (SSSR count). The zero-order chi connectivity index (χ0) is 17.3. The molecule has 1 heterocycles. The summed E-state index contributed by atoms with van der Waals surface area (Å²) in [7, 11) is -1.87. The largest absolute Gasteiger partial charge is 0.465 e. The molecule has 1 aliphatic heterocycles. The van der Waals surface area contributed by atoms with Crippen LogP contribution in [0.1, 0.15) is 33.6 Å². The molecule has 1 saturated heterocycles. The number of piperazine rings is 1. The van der Waals surface area contributed by atoms with Crippen LogP contribution in [0, 0.1) is 0 Å². The number of rotatable bonds is 4. The number of hydrogen-bond donors (Lipinski definition) is 0. The van der Waals surface area contributed by atoms with Gasteiger partial charge in [-0.3, -0.25) is 4.79 Å². The average Bonchev–Trinajstić information content (AvgIpc) is 3.46. The van der Waals surface area contributed by atoms with Crippen LogP contribution in [-0.2, 0) is 14.8 Å². The van der Waals surface area contributed by atoms with Crippen molar-refractivity contribution in [1.82, 2.24) is 9.21 Å². The van der Waals surface area contributed by atoms with Crippen LogP contribution in [0.4, 0.5) is 0 Å². The first-order valence-electron chi connectivity index (χ1n) is 7.90. The van der Waals surface area contributed by atoms with Crippen molar-refractivity contribution in [2.24, 2.45) is 0 Å². The molecule has 2 aliphatic rings. The Morgan fingerprint density at radius 2 is 1.54 bits per heavy atom. The molecular weight excluding hydrogens is 332 g/mol. The Morgan fingerprint density at radius 3 is 2.04 bits per heavy atom. The Balaban J connectivity index is 1.61. The molecular formula is C16H20N2O5S. The molecule has 2 fully saturated rings. The van der Waals surface area contributed by atoms with Crippen LogP contribution in [0.2, 0.25) is 0 Å². The maximum Gasteiger partial charge on any atom is 0.337 e. The lowest BCUT2D eigenvalue weighted by molar-refractivity contribution is 0.0599. The summed E-state index contributed by atoms with van der Waals surface area (Å²) in [6.07, 6.45) is 1.49. The van der Waals surface area contributed by atoms with E-state index in [1.54, 1.807) is 29.2 Å². The van der Waals surface area contributed by atoms with E-state index >= 15 is 0 Å². The smallest absolute Gasteiger partial charge is 0.337 e. The van der Waals surface area contributed by atoms with Gasteiger partial charge in [-0.1, -0.05) is 0 Å². The quantitative estimate of drug-likeness (QED) is 0.746. The van der Waals surface area contributed by atoms with Crippen LogP contribution in [-0.4, -0.2) is 68.0 Å². The Bertz CT molecular complexity index is 732. The maximum atomic E-state index is 12.5. The third-order valence-corrected chi connectivity index (χ3v) is 6.78. The van der Waals surface area contributed by atoms with E-state index in [-0.39, 0.29) is 11.2 Å². The van der Waals surface area contributed by atoms with Gasteiger partial charge in [-0.2, -0.15) is 4.31 Å². The number of ether oxygens (including phenoxy) is 1. The number of benzene rings is 1. The van der Waals surface area contributed by atoms with Gasteiger partial charge in [-0.15, -0.1) is 0 Å². The number of esters is 1. The number of carbonyl (C=O) groups excluding carboxylic acids is 2. The molecule has 1 saturated carbocycles. The first-order valence-corrected chi connectivity index (χ1v) is 9.40. The molecule has 8 heteroatoms. The fourth-order valence-corrected chi connectivity index (χ4v) is 4.60. The highest BCUT2D eigenvalue weighted by atomic mass is 32.2. The summed E-state index contributed by atoms with van der Waals surface area (Å²) >= 11 is 0. The topological polar surface area (TPSA) is 84.0 Å². The summed E-state index contributed by atoms with van der Waals surface area (Å²) in [6.45, 7) is 1.43. The molecule has 0 radical (unpaired) electrons. The number of methoxy groups -OCH3 is 1. The zero-order valence-electron chi connectivity index (χ0n) is 13.5. The Morgan fingerprint density at radius 1 is 1.00 bits per heavy atom. The van der Waals surface area contributed by atoms with Crippen LogP contribution >= 0.6 is 0 Å². The third kappa shape index (κ3) is 3.29. The average molecular weight is 352 g/mol. The van der Waals surface area contributed by atoms with Crippen LogP contribution in [0.5, 0.6) is 0 Å². The Labute approximate surface area is 141 Å². The van der Waals surface area contributed by atoms with Gasteiger partial charge in [0.05, 0.1) is 17.9 Å². The molecule has 1 amide bonds. The van der Waals surface area contributed by atoms with Crippen molar-refractivity contribution >= 4 is 21.9 Å². The minimum Gasteiger partial charge on any atom is -0.465 e. The van der Waals surface area contributed by atoms with Gasteiger partial charge in [0.1, 0.15) is 0 Å². The molecule has 130 valence electrons. The van der Waals surface area contributed by atoms with E-state index < -0.39 is 16.0 Å². The SMILES string of the molecule is COC(=O)c1ccc(C(=O)N2CCN(S(=O)(=O)C3CC3)CC2)cc1. The molecule has 0 aromatic heterocycles. The number of sulfonamides is 1. The zero-order valence-corrected chi connectivity index (χ0v) is 14.3. The normalized spacial score (nSPS) is 19.1. The minimum absolute atomic E-state index is 0.158. The van der Waals surface area contributed by atoms with E-state index in [1.165, 1.54) is 11.4 Å². The number of carbonyl (C=O) groups is 2. The molecule has 1 aromatic rings. The summed E-state index contributed by atoms with van der Waals surface area (Å²) in [6, 6.07) is 6.27. The van der Waals surface area contributed by atoms with Gasteiger partial charge in [0, 0.05) is 31.7 Å². The van der Waals surface area contributed by atoms with Gasteiger partial charge in [0.15, 0.2) is 0 Å². The van der Waals surface area contributed by atoms with Crippen molar-refractivity contribution in [3.8, 4) is 0 Å². The Hall–Kier alpha value is -1.93. The highest BCUT2D eigenvalue weighted by Gasteiger charge is 2.41. The van der Waals surface area contributed by atoms with Gasteiger partial charge in [-0.05, 0) is 37.1 Å². The van der Waals surface area contributed by atoms with Crippen molar-refractivity contribution in [3.63, 3.8) is 0 Å². The molecule has 0 unspecified atom stereocenters. The number of hydrogen-bond acceptors (Lipinski definition) is 5. The predicted octanol–water partition coefficient (Wildman–Crippen LogP) is 0.723. The number of amides is 1. The second-order valence-electron chi connectivity index (χ2n) is 6.00. The lowest BCUT2D eigenvalue weighted by Crippen LogP contribution is -2.51. The van der Waals surface area contributed by atoms with Crippen molar-refractivity contribution in [1.29, 1.82) is 0 Å². The van der Waals surface area contributed by atoms with Crippen molar-refractivity contribution in [2.75, 3.05) is 33.3 Å². The van der Waals surface area contributed by atoms with Gasteiger partial charge in [-0.25, -0.2) is 13.2 Å². The fourth-order valence-electron chi connectivity index (χ4n) is 2.77. The second-order valence-corrected chi connectivity index (χ2v) is 8.22. The molecule has 0 atom stereocenters. The molecule has 24 heavy (non-hydrogen) atoms. The van der Waals surface area contributed by atoms with E-state index in [0.717, 1.165) is 12.8 Å². The highest BCUT2D eigenvalue weighted by molar-refractivity contribution is 7.90. The van der Waals surface area contributed by atoms with Crippen molar-refractivity contribution in [3.05, 3.63) is 35.4 Å². The van der Waals surface area contributed by atoms with E-state index in [0.29, 0.717) is 37.3 Å². The van der Waals surface area contributed by atoms with Crippen molar-refractivity contribution < 1.29 is 22.7 Å². The van der Waals surface area contributed by atoms with E-state index in [4.69, 9.17) is 0 Å². The van der Waals surface area contributed by atoms with E-state index in [9.17, 15) is 18.0 Å². The summed E-state index contributed by atoms with van der Waals surface area (Å²) in [5.41, 5.74) is 0.857. The molecule has 1 aliphatic carbocycles. The lowest BCUT2D eigenvalue weighted by Gasteiger charge is -2.34. The highest BCUT2D eigenvalue weighted by Crippen LogP contribution is 2.31. The first kappa shape index (κ1) is 16.9. The van der Waals surface area contributed by atoms with Crippen LogP contribution in [0.15, 0.2) is 24.3 Å². The predicted molar refractivity (Wildman–Crippen MR) is 87.2 cm³/mol. The van der Waals surface area contributed by atoms with Crippen LogP contribution in [0.3, 0.4) is 0 Å². The van der Waals surface area contributed by atoms with E-state index in [1.807, 2.05) is 0 Å². The molecule has 0 spiro atoms. The first-order chi connectivity index (χ1) is 11.4. The van der Waals surface area contributed by atoms with Gasteiger partial charge >= 0.3 is 5.97 Å². The fraction of sp³-hybridized carbons (Fsp3) is 0.500. The minimum atomic E-state index is -3.18. The van der Waals surface area contributed by atoms with Crippen molar-refractivity contribution in [2.45, 2.75) is 18.1 Å². The maximum absolute atomic E-state index is 12.5. The standard InChI is InChI=1S/C16H20N2O5S/c1-23-16(20)13-4-2-12(3-5-13)15(19)17-8-10-18(11-9-17)24(21,22)14-6-7-14/h2-5,14H,6-11H2,1H3. The third-order valence-electron chi connectivity index (χ3n) is 4.38. The molecule has 7 nitrogen and oxygen atoms in total. The van der Waals surface area contributed by atoms with Gasteiger partial charge < -0.3 is 9.64 Å².